The van der Waals surface area contributed by atoms with Crippen LogP contribution in [0.25, 0.3) is 16.9 Å². The molecule has 0 bridgehead atoms. The third-order valence-corrected chi connectivity index (χ3v) is 6.59. The summed E-state index contributed by atoms with van der Waals surface area (Å²) < 4.78 is 1.82. The van der Waals surface area contributed by atoms with Crippen molar-refractivity contribution in [3.8, 4) is 16.9 Å². The molecule has 2 heterocycles. The molecule has 1 fully saturated rings. The highest BCUT2D eigenvalue weighted by Crippen LogP contribution is 2.27. The smallest absolute Gasteiger partial charge is 0.335 e. The van der Waals surface area contributed by atoms with E-state index < -0.39 is 5.97 Å². The minimum Gasteiger partial charge on any atom is -0.478 e. The van der Waals surface area contributed by atoms with Crippen molar-refractivity contribution < 1.29 is 14.7 Å². The molecule has 0 atom stereocenters. The predicted octanol–water partition coefficient (Wildman–Crippen LogP) is 4.63. The molecule has 1 aliphatic rings. The molecule has 1 aliphatic heterocycles. The molecule has 5 rings (SSSR count). The number of piperidine rings is 1. The van der Waals surface area contributed by atoms with Crippen LogP contribution in [0, 0.1) is 0 Å². The number of nitrogens with zero attached hydrogens (tertiary/aromatic N) is 3. The number of nitrogens with one attached hydrogen (secondary N) is 1. The maximum Gasteiger partial charge on any atom is 0.335 e. The standard InChI is InChI=1S/C29H28N4O3/c34-28(31-24-15-17-32(18-16-24)20-21-11-13-23(14-12-21)29(35)36)26-19-30-33(25-9-5-2-6-10-25)27(26)22-7-3-1-4-8-22/h1-14,19,24H,15-18,20H2,(H,31,34)(H,35,36). The second kappa shape index (κ2) is 10.6. The van der Waals surface area contributed by atoms with Gasteiger partial charge in [-0.05, 0) is 42.7 Å². The van der Waals surface area contributed by atoms with E-state index in [0.717, 1.165) is 55.0 Å². The van der Waals surface area contributed by atoms with Gasteiger partial charge in [-0.2, -0.15) is 5.10 Å². The van der Waals surface area contributed by atoms with E-state index in [1.807, 2.05) is 77.5 Å². The lowest BCUT2D eigenvalue weighted by molar-refractivity contribution is 0.0696. The average Bonchev–Trinajstić information content (AvgIpc) is 3.37. The molecule has 0 saturated carbocycles. The van der Waals surface area contributed by atoms with E-state index in [4.69, 9.17) is 5.11 Å². The molecule has 36 heavy (non-hydrogen) atoms. The minimum absolute atomic E-state index is 0.0897. The van der Waals surface area contributed by atoms with E-state index in [2.05, 4.69) is 15.3 Å². The SMILES string of the molecule is O=C(O)c1ccc(CN2CCC(NC(=O)c3cnn(-c4ccccc4)c3-c3ccccc3)CC2)cc1. The number of amides is 1. The van der Waals surface area contributed by atoms with Crippen molar-refractivity contribution in [3.05, 3.63) is 108 Å². The number of hydrogen-bond donors (Lipinski definition) is 2. The average molecular weight is 481 g/mol. The van der Waals surface area contributed by atoms with Crippen molar-refractivity contribution in [3.63, 3.8) is 0 Å². The number of rotatable bonds is 7. The van der Waals surface area contributed by atoms with Gasteiger partial charge in [0.05, 0.1) is 28.7 Å². The van der Waals surface area contributed by atoms with Gasteiger partial charge >= 0.3 is 5.97 Å². The van der Waals surface area contributed by atoms with E-state index in [9.17, 15) is 9.59 Å². The first-order valence-electron chi connectivity index (χ1n) is 12.1. The molecule has 1 aromatic heterocycles. The van der Waals surface area contributed by atoms with Crippen LogP contribution in [-0.2, 0) is 6.54 Å². The topological polar surface area (TPSA) is 87.5 Å². The maximum atomic E-state index is 13.4. The molecule has 4 aromatic rings. The zero-order chi connectivity index (χ0) is 24.9. The molecular formula is C29H28N4O3. The Morgan fingerprint density at radius 3 is 2.17 bits per heavy atom. The van der Waals surface area contributed by atoms with Crippen LogP contribution in [0.5, 0.6) is 0 Å². The van der Waals surface area contributed by atoms with E-state index in [1.54, 1.807) is 18.3 Å². The van der Waals surface area contributed by atoms with Crippen LogP contribution in [0.1, 0.15) is 39.1 Å². The molecule has 1 amide bonds. The zero-order valence-electron chi connectivity index (χ0n) is 19.9. The van der Waals surface area contributed by atoms with Crippen molar-refractivity contribution >= 4 is 11.9 Å². The van der Waals surface area contributed by atoms with Crippen LogP contribution >= 0.6 is 0 Å². The number of aromatic carboxylic acids is 1. The third-order valence-electron chi connectivity index (χ3n) is 6.59. The molecule has 7 heteroatoms. The number of carboxylic acid groups (broad SMARTS) is 1. The summed E-state index contributed by atoms with van der Waals surface area (Å²) in [6.07, 6.45) is 3.36. The van der Waals surface area contributed by atoms with Gasteiger partial charge in [-0.1, -0.05) is 60.7 Å². The monoisotopic (exact) mass is 480 g/mol. The quantitative estimate of drug-likeness (QED) is 0.403. The largest absolute Gasteiger partial charge is 0.478 e. The van der Waals surface area contributed by atoms with Crippen LogP contribution in [-0.4, -0.2) is 50.8 Å². The first-order chi connectivity index (χ1) is 17.6. The molecule has 0 spiro atoms. The number of aromatic nitrogens is 2. The number of hydrogen-bond acceptors (Lipinski definition) is 4. The second-order valence-electron chi connectivity index (χ2n) is 9.05. The first-order valence-corrected chi connectivity index (χ1v) is 12.1. The fourth-order valence-electron chi connectivity index (χ4n) is 4.66. The lowest BCUT2D eigenvalue weighted by atomic mass is 10.0. The van der Waals surface area contributed by atoms with E-state index in [-0.39, 0.29) is 11.9 Å². The normalized spacial score (nSPS) is 14.4. The molecule has 0 aliphatic carbocycles. The lowest BCUT2D eigenvalue weighted by Gasteiger charge is -2.32. The Kier molecular flexibility index (Phi) is 6.91. The number of likely N-dealkylation sites (tertiary alicyclic amines) is 1. The molecule has 2 N–H and O–H groups in total. The number of para-hydroxylation sites is 1. The number of carboxylic acids is 1. The number of carbonyl (C=O) groups excluding carboxylic acids is 1. The zero-order valence-corrected chi connectivity index (χ0v) is 19.9. The van der Waals surface area contributed by atoms with Crippen LogP contribution in [0.15, 0.2) is 91.1 Å². The van der Waals surface area contributed by atoms with Crippen molar-refractivity contribution in [2.75, 3.05) is 13.1 Å². The Labute approximate surface area is 210 Å². The predicted molar refractivity (Wildman–Crippen MR) is 138 cm³/mol. The Bertz CT molecular complexity index is 1330. The summed E-state index contributed by atoms with van der Waals surface area (Å²) in [7, 11) is 0. The highest BCUT2D eigenvalue weighted by Gasteiger charge is 2.25. The molecule has 0 radical (unpaired) electrons. The van der Waals surface area contributed by atoms with Gasteiger partial charge in [-0.25, -0.2) is 9.48 Å². The Balaban J connectivity index is 1.26. The van der Waals surface area contributed by atoms with Crippen molar-refractivity contribution in [1.29, 1.82) is 0 Å². The van der Waals surface area contributed by atoms with Gasteiger partial charge in [-0.15, -0.1) is 0 Å². The summed E-state index contributed by atoms with van der Waals surface area (Å²) in [6.45, 7) is 2.49. The molecule has 3 aromatic carbocycles. The minimum atomic E-state index is -0.914. The maximum absolute atomic E-state index is 13.4. The van der Waals surface area contributed by atoms with Crippen LogP contribution in [0.2, 0.25) is 0 Å². The number of benzene rings is 3. The summed E-state index contributed by atoms with van der Waals surface area (Å²) in [5.74, 6) is -1.03. The van der Waals surface area contributed by atoms with Crippen LogP contribution < -0.4 is 5.32 Å². The van der Waals surface area contributed by atoms with Gasteiger partial charge in [0.15, 0.2) is 0 Å². The van der Waals surface area contributed by atoms with Gasteiger partial charge in [0, 0.05) is 31.2 Å². The first kappa shape index (κ1) is 23.5. The summed E-state index contributed by atoms with van der Waals surface area (Å²) in [5, 5.41) is 16.9. The molecule has 1 saturated heterocycles. The Morgan fingerprint density at radius 1 is 0.889 bits per heavy atom. The summed E-state index contributed by atoms with van der Waals surface area (Å²) in [5.41, 5.74) is 4.56. The molecule has 7 nitrogen and oxygen atoms in total. The highest BCUT2D eigenvalue weighted by atomic mass is 16.4. The Morgan fingerprint density at radius 2 is 1.53 bits per heavy atom. The van der Waals surface area contributed by atoms with Gasteiger partial charge in [-0.3, -0.25) is 9.69 Å². The lowest BCUT2D eigenvalue weighted by Crippen LogP contribution is -2.44. The fourth-order valence-corrected chi connectivity index (χ4v) is 4.66. The van der Waals surface area contributed by atoms with Crippen molar-refractivity contribution in [2.45, 2.75) is 25.4 Å². The number of carbonyl (C=O) groups is 2. The summed E-state index contributed by atoms with van der Waals surface area (Å²) in [6, 6.07) is 26.8. The van der Waals surface area contributed by atoms with Gasteiger partial charge < -0.3 is 10.4 Å². The fraction of sp³-hybridized carbons (Fsp3) is 0.207. The van der Waals surface area contributed by atoms with E-state index in [1.165, 1.54) is 0 Å². The molecule has 0 unspecified atom stereocenters. The molecule has 182 valence electrons. The van der Waals surface area contributed by atoms with E-state index in [0.29, 0.717) is 11.1 Å². The van der Waals surface area contributed by atoms with E-state index >= 15 is 0 Å². The van der Waals surface area contributed by atoms with Crippen LogP contribution in [0.3, 0.4) is 0 Å². The highest BCUT2D eigenvalue weighted by molar-refractivity contribution is 6.00. The van der Waals surface area contributed by atoms with Crippen LogP contribution in [0.4, 0.5) is 0 Å². The summed E-state index contributed by atoms with van der Waals surface area (Å²) in [4.78, 5) is 26.8. The van der Waals surface area contributed by atoms with Gasteiger partial charge in [0.2, 0.25) is 0 Å². The third kappa shape index (κ3) is 5.21. The summed E-state index contributed by atoms with van der Waals surface area (Å²) >= 11 is 0. The van der Waals surface area contributed by atoms with Crippen molar-refractivity contribution in [1.82, 2.24) is 20.0 Å². The van der Waals surface area contributed by atoms with Gasteiger partial charge in [0.25, 0.3) is 5.91 Å². The second-order valence-corrected chi connectivity index (χ2v) is 9.05. The molecular weight excluding hydrogens is 452 g/mol. The van der Waals surface area contributed by atoms with Crippen molar-refractivity contribution in [2.24, 2.45) is 0 Å². The Hall–Kier alpha value is -4.23. The van der Waals surface area contributed by atoms with Gasteiger partial charge in [0.1, 0.15) is 0 Å².